The van der Waals surface area contributed by atoms with Gasteiger partial charge in [0.15, 0.2) is 0 Å². The highest BCUT2D eigenvalue weighted by atomic mass is 16.5. The van der Waals surface area contributed by atoms with Crippen LogP contribution < -0.4 is 5.63 Å². The van der Waals surface area contributed by atoms with Crippen molar-refractivity contribution in [2.75, 3.05) is 0 Å². The lowest BCUT2D eigenvalue weighted by Gasteiger charge is -2.66. The van der Waals surface area contributed by atoms with Crippen LogP contribution in [0.1, 0.15) is 70.3 Å². The third kappa shape index (κ3) is 3.17. The molecule has 0 saturated heterocycles. The molecule has 4 fully saturated rings. The molecule has 1 heterocycles. The van der Waals surface area contributed by atoms with E-state index in [9.17, 15) is 34.8 Å². The van der Waals surface area contributed by atoms with Gasteiger partial charge in [0, 0.05) is 43.6 Å². The van der Waals surface area contributed by atoms with Gasteiger partial charge in [-0.2, -0.15) is 0 Å². The largest absolute Gasteiger partial charge is 0.462 e. The molecular formula is C26H34O9. The first-order valence-corrected chi connectivity index (χ1v) is 12.4. The van der Waals surface area contributed by atoms with Gasteiger partial charge < -0.3 is 34.4 Å². The van der Waals surface area contributed by atoms with Crippen LogP contribution in [0, 0.1) is 22.7 Å². The molecule has 0 spiro atoms. The minimum absolute atomic E-state index is 0.0356. The zero-order valence-corrected chi connectivity index (χ0v) is 20.1. The van der Waals surface area contributed by atoms with Crippen LogP contribution in [-0.4, -0.2) is 62.2 Å². The first-order chi connectivity index (χ1) is 16.4. The van der Waals surface area contributed by atoms with Crippen LogP contribution >= 0.6 is 0 Å². The Kier molecular flexibility index (Phi) is 5.60. The van der Waals surface area contributed by atoms with Gasteiger partial charge >= 0.3 is 11.6 Å². The van der Waals surface area contributed by atoms with Crippen molar-refractivity contribution in [2.45, 2.75) is 94.2 Å². The van der Waals surface area contributed by atoms with E-state index in [0.29, 0.717) is 31.1 Å². The number of ether oxygens (including phenoxy) is 1. The highest BCUT2D eigenvalue weighted by Crippen LogP contribution is 2.71. The minimum atomic E-state index is -1.57. The summed E-state index contributed by atoms with van der Waals surface area (Å²) >= 11 is 0. The quantitative estimate of drug-likeness (QED) is 0.359. The van der Waals surface area contributed by atoms with E-state index in [0.717, 1.165) is 0 Å². The SMILES string of the molecule is CC(=O)O[C@H]1C[C@@H](O)[C@]2(C=O)[C@H]3CC[C@]4(C)[C@@H](c5ccc(=O)oc5)[C@@H](O)C[C@]4(O)[C@@H]3CC[C@]2(O)C1. The Balaban J connectivity index is 1.53. The van der Waals surface area contributed by atoms with E-state index < -0.39 is 69.7 Å². The van der Waals surface area contributed by atoms with Gasteiger partial charge in [0.2, 0.25) is 0 Å². The van der Waals surface area contributed by atoms with Gasteiger partial charge in [-0.25, -0.2) is 4.79 Å². The number of fused-ring (bicyclic) bond motifs is 5. The number of aldehydes is 1. The van der Waals surface area contributed by atoms with Crippen molar-refractivity contribution in [2.24, 2.45) is 22.7 Å². The molecule has 0 amide bonds. The molecule has 4 aliphatic rings. The van der Waals surface area contributed by atoms with Crippen molar-refractivity contribution in [1.82, 2.24) is 0 Å². The number of aliphatic hydroxyl groups is 4. The molecule has 5 rings (SSSR count). The molecule has 4 N–H and O–H groups in total. The van der Waals surface area contributed by atoms with Crippen molar-refractivity contribution in [3.8, 4) is 0 Å². The third-order valence-electron chi connectivity index (χ3n) is 10.2. The molecule has 9 heteroatoms. The van der Waals surface area contributed by atoms with E-state index in [-0.39, 0.29) is 25.7 Å². The number of carbonyl (C=O) groups is 2. The van der Waals surface area contributed by atoms with Crippen LogP contribution in [0.25, 0.3) is 0 Å². The van der Waals surface area contributed by atoms with Crippen molar-refractivity contribution in [3.63, 3.8) is 0 Å². The summed E-state index contributed by atoms with van der Waals surface area (Å²) in [6.07, 6.45) is 0.787. The first-order valence-electron chi connectivity index (χ1n) is 12.4. The zero-order valence-electron chi connectivity index (χ0n) is 20.1. The molecule has 1 aromatic heterocycles. The van der Waals surface area contributed by atoms with E-state index in [1.165, 1.54) is 19.3 Å². The summed E-state index contributed by atoms with van der Waals surface area (Å²) in [7, 11) is 0. The Morgan fingerprint density at radius 2 is 1.86 bits per heavy atom. The Morgan fingerprint density at radius 1 is 1.14 bits per heavy atom. The Labute approximate surface area is 203 Å². The summed E-state index contributed by atoms with van der Waals surface area (Å²) in [5.74, 6) is -1.94. The number of aliphatic hydroxyl groups excluding tert-OH is 2. The monoisotopic (exact) mass is 490 g/mol. The molecule has 0 aliphatic heterocycles. The molecule has 35 heavy (non-hydrogen) atoms. The maximum atomic E-state index is 12.8. The van der Waals surface area contributed by atoms with Gasteiger partial charge in [-0.05, 0) is 49.1 Å². The predicted molar refractivity (Wildman–Crippen MR) is 121 cm³/mol. The fraction of sp³-hybridized carbons (Fsp3) is 0.731. The smallest absolute Gasteiger partial charge is 0.335 e. The van der Waals surface area contributed by atoms with Crippen molar-refractivity contribution in [3.05, 3.63) is 34.4 Å². The maximum Gasteiger partial charge on any atom is 0.335 e. The fourth-order valence-corrected chi connectivity index (χ4v) is 8.74. The number of carbonyl (C=O) groups excluding carboxylic acids is 2. The second-order valence-corrected chi connectivity index (χ2v) is 11.5. The molecule has 0 aromatic carbocycles. The summed E-state index contributed by atoms with van der Waals surface area (Å²) in [6.45, 7) is 3.20. The highest BCUT2D eigenvalue weighted by molar-refractivity contribution is 5.67. The lowest BCUT2D eigenvalue weighted by molar-refractivity contribution is -0.273. The summed E-state index contributed by atoms with van der Waals surface area (Å²) in [4.78, 5) is 35.8. The average molecular weight is 491 g/mol. The van der Waals surface area contributed by atoms with Crippen LogP contribution in [0.15, 0.2) is 27.6 Å². The average Bonchev–Trinajstić information content (AvgIpc) is 2.98. The molecule has 192 valence electrons. The van der Waals surface area contributed by atoms with Gasteiger partial charge in [0.05, 0.1) is 35.1 Å². The van der Waals surface area contributed by atoms with Crippen LogP contribution in [0.4, 0.5) is 0 Å². The standard InChI is InChI=1S/C26H34O9/c1-14(28)35-16-9-20(30)25(13-27)17-5-7-23(2)22(15-3-4-21(31)34-12-15)19(29)11-26(23,33)18(17)6-8-24(25,32)10-16/h3-4,12-13,16-20,22,29-30,32-33H,5-11H2,1-2H3/t16-,17-,18+,19-,20+,22-,23+,24-,25-,26-/m0/s1. The van der Waals surface area contributed by atoms with E-state index in [1.807, 2.05) is 6.92 Å². The Bertz CT molecular complexity index is 1060. The van der Waals surface area contributed by atoms with Crippen LogP contribution in [-0.2, 0) is 14.3 Å². The second kappa shape index (κ2) is 7.96. The van der Waals surface area contributed by atoms with Crippen LogP contribution in [0.2, 0.25) is 0 Å². The normalized spacial score (nSPS) is 48.9. The number of hydrogen-bond acceptors (Lipinski definition) is 9. The Morgan fingerprint density at radius 3 is 2.49 bits per heavy atom. The predicted octanol–water partition coefficient (Wildman–Crippen LogP) is 1.05. The molecule has 0 unspecified atom stereocenters. The Hall–Kier alpha value is -2.07. The number of esters is 1. The molecule has 0 radical (unpaired) electrons. The molecule has 9 nitrogen and oxygen atoms in total. The van der Waals surface area contributed by atoms with Crippen molar-refractivity contribution >= 4 is 12.3 Å². The molecule has 4 saturated carbocycles. The molecular weight excluding hydrogens is 456 g/mol. The first kappa shape index (κ1) is 24.6. The van der Waals surface area contributed by atoms with Crippen LogP contribution in [0.3, 0.4) is 0 Å². The second-order valence-electron chi connectivity index (χ2n) is 11.5. The summed E-state index contributed by atoms with van der Waals surface area (Å²) in [5.41, 5.74) is -5.08. The van der Waals surface area contributed by atoms with Crippen LogP contribution in [0.5, 0.6) is 0 Å². The lowest BCUT2D eigenvalue weighted by atomic mass is 9.41. The molecule has 0 bridgehead atoms. The van der Waals surface area contributed by atoms with E-state index in [4.69, 9.17) is 9.15 Å². The zero-order chi connectivity index (χ0) is 25.4. The molecule has 1 aromatic rings. The summed E-state index contributed by atoms with van der Waals surface area (Å²) in [5, 5.41) is 46.5. The third-order valence-corrected chi connectivity index (χ3v) is 10.2. The van der Waals surface area contributed by atoms with Gasteiger partial charge in [-0.15, -0.1) is 0 Å². The number of rotatable bonds is 3. The number of hydrogen-bond donors (Lipinski definition) is 4. The topological polar surface area (TPSA) is 154 Å². The lowest BCUT2D eigenvalue weighted by Crippen LogP contribution is -2.72. The minimum Gasteiger partial charge on any atom is -0.462 e. The van der Waals surface area contributed by atoms with E-state index in [1.54, 1.807) is 6.07 Å². The fourth-order valence-electron chi connectivity index (χ4n) is 8.74. The highest BCUT2D eigenvalue weighted by Gasteiger charge is 2.74. The van der Waals surface area contributed by atoms with Gasteiger partial charge in [0.25, 0.3) is 0 Å². The van der Waals surface area contributed by atoms with E-state index >= 15 is 0 Å². The van der Waals surface area contributed by atoms with Gasteiger partial charge in [-0.1, -0.05) is 6.92 Å². The van der Waals surface area contributed by atoms with E-state index in [2.05, 4.69) is 0 Å². The summed E-state index contributed by atoms with van der Waals surface area (Å²) in [6, 6.07) is 2.92. The molecule has 4 aliphatic carbocycles. The summed E-state index contributed by atoms with van der Waals surface area (Å²) < 4.78 is 10.4. The molecule has 10 atom stereocenters. The maximum absolute atomic E-state index is 12.8. The van der Waals surface area contributed by atoms with Gasteiger partial charge in [-0.3, -0.25) is 4.79 Å². The van der Waals surface area contributed by atoms with Crippen molar-refractivity contribution < 1.29 is 39.2 Å². The van der Waals surface area contributed by atoms with Crippen molar-refractivity contribution in [1.29, 1.82) is 0 Å². The van der Waals surface area contributed by atoms with Gasteiger partial charge in [0.1, 0.15) is 12.4 Å².